The largest absolute Gasteiger partial charge is 0.336 e. The van der Waals surface area contributed by atoms with Crippen LogP contribution in [0.4, 0.5) is 10.5 Å². The highest BCUT2D eigenvalue weighted by atomic mass is 35.5. The van der Waals surface area contributed by atoms with E-state index in [-0.39, 0.29) is 6.03 Å². The average Bonchev–Trinajstić information content (AvgIpc) is 2.67. The lowest BCUT2D eigenvalue weighted by Crippen LogP contribution is -2.27. The van der Waals surface area contributed by atoms with Crippen LogP contribution in [0.5, 0.6) is 0 Å². The molecule has 1 aromatic heterocycles. The standard InChI is InChI=1S/C8H8ClN3O.C2H6/c9-7-5-6(1-2-10-7)12-4-3-11-8(12)13;1-2/h1-2,5H,3-4H2,(H,11,13);1-2H3. The zero-order valence-electron chi connectivity index (χ0n) is 8.83. The van der Waals surface area contributed by atoms with Gasteiger partial charge in [-0.15, -0.1) is 0 Å². The van der Waals surface area contributed by atoms with Crippen molar-refractivity contribution in [3.8, 4) is 0 Å². The van der Waals surface area contributed by atoms with Gasteiger partial charge in [0.25, 0.3) is 0 Å². The van der Waals surface area contributed by atoms with E-state index in [4.69, 9.17) is 11.6 Å². The van der Waals surface area contributed by atoms with Crippen molar-refractivity contribution in [1.29, 1.82) is 0 Å². The van der Waals surface area contributed by atoms with E-state index in [2.05, 4.69) is 10.3 Å². The summed E-state index contributed by atoms with van der Waals surface area (Å²) in [6.45, 7) is 5.36. The number of rotatable bonds is 1. The summed E-state index contributed by atoms with van der Waals surface area (Å²) in [5.74, 6) is 0. The SMILES string of the molecule is CC.O=C1NCCN1c1ccnc(Cl)c1. The Bertz CT molecular complexity index is 343. The fourth-order valence-electron chi connectivity index (χ4n) is 1.28. The van der Waals surface area contributed by atoms with Gasteiger partial charge in [-0.3, -0.25) is 4.90 Å². The van der Waals surface area contributed by atoms with Crippen LogP contribution in [0.25, 0.3) is 0 Å². The van der Waals surface area contributed by atoms with Crippen molar-refractivity contribution in [1.82, 2.24) is 10.3 Å². The molecule has 2 rings (SSSR count). The minimum Gasteiger partial charge on any atom is -0.336 e. The monoisotopic (exact) mass is 227 g/mol. The van der Waals surface area contributed by atoms with Crippen LogP contribution in [-0.4, -0.2) is 24.1 Å². The molecular weight excluding hydrogens is 214 g/mol. The Balaban J connectivity index is 0.000000531. The fraction of sp³-hybridized carbons (Fsp3) is 0.400. The normalized spacial score (nSPS) is 14.3. The van der Waals surface area contributed by atoms with E-state index in [1.54, 1.807) is 23.2 Å². The average molecular weight is 228 g/mol. The Labute approximate surface area is 94.3 Å². The molecule has 5 heteroatoms. The molecule has 0 aromatic carbocycles. The first-order valence-electron chi connectivity index (χ1n) is 4.94. The van der Waals surface area contributed by atoms with E-state index >= 15 is 0 Å². The summed E-state index contributed by atoms with van der Waals surface area (Å²) in [5, 5.41) is 3.11. The van der Waals surface area contributed by atoms with Gasteiger partial charge < -0.3 is 5.32 Å². The molecule has 1 fully saturated rings. The van der Waals surface area contributed by atoms with E-state index in [0.29, 0.717) is 18.2 Å². The molecule has 1 aromatic rings. The van der Waals surface area contributed by atoms with E-state index in [1.807, 2.05) is 13.8 Å². The third-order valence-electron chi connectivity index (χ3n) is 1.88. The second-order valence-electron chi connectivity index (χ2n) is 2.72. The zero-order chi connectivity index (χ0) is 11.3. The smallest absolute Gasteiger partial charge is 0.321 e. The predicted molar refractivity (Wildman–Crippen MR) is 61.3 cm³/mol. The number of amides is 2. The number of carbonyl (C=O) groups is 1. The maximum atomic E-state index is 11.2. The molecule has 4 nitrogen and oxygen atoms in total. The molecule has 0 bridgehead atoms. The van der Waals surface area contributed by atoms with Gasteiger partial charge in [-0.25, -0.2) is 9.78 Å². The quantitative estimate of drug-likeness (QED) is 0.749. The fourth-order valence-corrected chi connectivity index (χ4v) is 1.45. The number of urea groups is 1. The molecule has 0 unspecified atom stereocenters. The lowest BCUT2D eigenvalue weighted by atomic mass is 10.4. The number of aromatic nitrogens is 1. The molecule has 15 heavy (non-hydrogen) atoms. The van der Waals surface area contributed by atoms with E-state index in [0.717, 1.165) is 5.69 Å². The van der Waals surface area contributed by atoms with Gasteiger partial charge in [-0.05, 0) is 12.1 Å². The summed E-state index contributed by atoms with van der Waals surface area (Å²) in [7, 11) is 0. The van der Waals surface area contributed by atoms with Gasteiger partial charge in [-0.2, -0.15) is 0 Å². The Kier molecular flexibility index (Phi) is 4.37. The first kappa shape index (κ1) is 11.8. The summed E-state index contributed by atoms with van der Waals surface area (Å²) in [6.07, 6.45) is 1.59. The maximum absolute atomic E-state index is 11.2. The summed E-state index contributed by atoms with van der Waals surface area (Å²) in [6, 6.07) is 3.35. The highest BCUT2D eigenvalue weighted by Gasteiger charge is 2.20. The van der Waals surface area contributed by atoms with E-state index < -0.39 is 0 Å². The van der Waals surface area contributed by atoms with Crippen molar-refractivity contribution >= 4 is 23.3 Å². The molecule has 2 heterocycles. The molecular formula is C10H14ClN3O. The summed E-state index contributed by atoms with van der Waals surface area (Å²) in [4.78, 5) is 16.7. The lowest BCUT2D eigenvalue weighted by molar-refractivity contribution is 0.252. The molecule has 1 aliphatic rings. The molecule has 0 saturated carbocycles. The Morgan fingerprint density at radius 2 is 2.27 bits per heavy atom. The molecule has 1 aliphatic heterocycles. The van der Waals surface area contributed by atoms with Gasteiger partial charge in [0.1, 0.15) is 5.15 Å². The topological polar surface area (TPSA) is 45.2 Å². The Morgan fingerprint density at radius 3 is 2.80 bits per heavy atom. The summed E-state index contributed by atoms with van der Waals surface area (Å²) >= 11 is 5.70. The van der Waals surface area contributed by atoms with Crippen LogP contribution < -0.4 is 10.2 Å². The maximum Gasteiger partial charge on any atom is 0.321 e. The van der Waals surface area contributed by atoms with Gasteiger partial charge in [0.2, 0.25) is 0 Å². The molecule has 0 spiro atoms. The van der Waals surface area contributed by atoms with Crippen LogP contribution in [0.15, 0.2) is 18.3 Å². The number of pyridine rings is 1. The molecule has 2 amide bonds. The van der Waals surface area contributed by atoms with Crippen molar-refractivity contribution in [2.45, 2.75) is 13.8 Å². The second-order valence-corrected chi connectivity index (χ2v) is 3.11. The van der Waals surface area contributed by atoms with Gasteiger partial charge in [0, 0.05) is 19.3 Å². The highest BCUT2D eigenvalue weighted by Crippen LogP contribution is 2.18. The van der Waals surface area contributed by atoms with Crippen molar-refractivity contribution < 1.29 is 4.79 Å². The van der Waals surface area contributed by atoms with Crippen molar-refractivity contribution in [3.63, 3.8) is 0 Å². The number of nitrogens with zero attached hydrogens (tertiary/aromatic N) is 2. The van der Waals surface area contributed by atoms with Gasteiger partial charge in [0.15, 0.2) is 0 Å². The molecule has 0 aliphatic carbocycles. The van der Waals surface area contributed by atoms with Crippen LogP contribution >= 0.6 is 11.6 Å². The van der Waals surface area contributed by atoms with Crippen molar-refractivity contribution in [3.05, 3.63) is 23.5 Å². The zero-order valence-corrected chi connectivity index (χ0v) is 9.58. The van der Waals surface area contributed by atoms with Crippen molar-refractivity contribution in [2.75, 3.05) is 18.0 Å². The molecule has 82 valence electrons. The summed E-state index contributed by atoms with van der Waals surface area (Å²) in [5.41, 5.74) is 0.787. The predicted octanol–water partition coefficient (Wildman–Crippen LogP) is 2.29. The van der Waals surface area contributed by atoms with Crippen LogP contribution in [-0.2, 0) is 0 Å². The summed E-state index contributed by atoms with van der Waals surface area (Å²) < 4.78 is 0. The van der Waals surface area contributed by atoms with Gasteiger partial charge >= 0.3 is 6.03 Å². The van der Waals surface area contributed by atoms with Gasteiger partial charge in [0.05, 0.1) is 5.69 Å². The van der Waals surface area contributed by atoms with Crippen LogP contribution in [0.1, 0.15) is 13.8 Å². The Hall–Kier alpha value is -1.29. The second kappa shape index (κ2) is 5.56. The number of hydrogen-bond donors (Lipinski definition) is 1. The Morgan fingerprint density at radius 1 is 1.53 bits per heavy atom. The van der Waals surface area contributed by atoms with Gasteiger partial charge in [-0.1, -0.05) is 25.4 Å². The molecule has 0 radical (unpaired) electrons. The molecule has 1 saturated heterocycles. The van der Waals surface area contributed by atoms with Crippen LogP contribution in [0, 0.1) is 0 Å². The van der Waals surface area contributed by atoms with Crippen LogP contribution in [0.2, 0.25) is 5.15 Å². The highest BCUT2D eigenvalue weighted by molar-refractivity contribution is 6.29. The number of hydrogen-bond acceptors (Lipinski definition) is 2. The first-order chi connectivity index (χ1) is 7.27. The molecule has 1 N–H and O–H groups in total. The third-order valence-corrected chi connectivity index (χ3v) is 2.09. The minimum absolute atomic E-state index is 0.0812. The first-order valence-corrected chi connectivity index (χ1v) is 5.32. The number of halogens is 1. The minimum atomic E-state index is -0.0812. The van der Waals surface area contributed by atoms with E-state index in [9.17, 15) is 4.79 Å². The number of anilines is 1. The number of carbonyl (C=O) groups excluding carboxylic acids is 1. The van der Waals surface area contributed by atoms with Crippen molar-refractivity contribution in [2.24, 2.45) is 0 Å². The third kappa shape index (κ3) is 2.83. The number of nitrogens with one attached hydrogen (secondary N) is 1. The van der Waals surface area contributed by atoms with E-state index in [1.165, 1.54) is 0 Å². The molecule has 0 atom stereocenters. The lowest BCUT2D eigenvalue weighted by Gasteiger charge is -2.13. The van der Waals surface area contributed by atoms with Crippen LogP contribution in [0.3, 0.4) is 0 Å².